The van der Waals surface area contributed by atoms with Crippen molar-refractivity contribution in [3.8, 4) is 11.5 Å². The fourth-order valence-corrected chi connectivity index (χ4v) is 1.94. The van der Waals surface area contributed by atoms with Gasteiger partial charge >= 0.3 is 5.63 Å². The fourth-order valence-electron chi connectivity index (χ4n) is 1.94. The maximum absolute atomic E-state index is 12.8. The highest BCUT2D eigenvalue weighted by Gasteiger charge is 2.07. The molecule has 1 heterocycles. The summed E-state index contributed by atoms with van der Waals surface area (Å²) in [6.45, 7) is 0. The molecule has 2 aromatic carbocycles. The van der Waals surface area contributed by atoms with Crippen molar-refractivity contribution in [1.29, 1.82) is 0 Å². The predicted octanol–water partition coefficient (Wildman–Crippen LogP) is 2.09. The maximum atomic E-state index is 12.8. The Balaban J connectivity index is 1.99. The smallest absolute Gasteiger partial charge is 0.345 e. The van der Waals surface area contributed by atoms with Crippen molar-refractivity contribution < 1.29 is 23.4 Å². The number of carbonyl (C=O) groups excluding carboxylic acids is 1. The third kappa shape index (κ3) is 2.67. The summed E-state index contributed by atoms with van der Waals surface area (Å²) in [4.78, 5) is 22.3. The van der Waals surface area contributed by atoms with Crippen LogP contribution in [-0.2, 0) is 0 Å². The average molecular weight is 299 g/mol. The van der Waals surface area contributed by atoms with Gasteiger partial charge in [0, 0.05) is 11.5 Å². The number of aromatic carboxylic acids is 1. The molecule has 5 nitrogen and oxygen atoms in total. The summed E-state index contributed by atoms with van der Waals surface area (Å²) < 4.78 is 23.3. The second kappa shape index (κ2) is 5.33. The van der Waals surface area contributed by atoms with Gasteiger partial charge in [-0.05, 0) is 42.5 Å². The summed E-state index contributed by atoms with van der Waals surface area (Å²) in [5.74, 6) is -1.20. The van der Waals surface area contributed by atoms with Crippen LogP contribution in [0.15, 0.2) is 57.7 Å². The first-order valence-corrected chi connectivity index (χ1v) is 6.25. The third-order valence-corrected chi connectivity index (χ3v) is 2.98. The first kappa shape index (κ1) is 13.8. The van der Waals surface area contributed by atoms with Gasteiger partial charge in [0.15, 0.2) is 0 Å². The molecule has 110 valence electrons. The monoisotopic (exact) mass is 299 g/mol. The molecule has 1 aromatic heterocycles. The lowest BCUT2D eigenvalue weighted by Gasteiger charge is -2.07. The minimum Gasteiger partial charge on any atom is -0.545 e. The first-order valence-electron chi connectivity index (χ1n) is 6.25. The van der Waals surface area contributed by atoms with Crippen molar-refractivity contribution in [2.75, 3.05) is 0 Å². The Hall–Kier alpha value is -3.15. The van der Waals surface area contributed by atoms with E-state index in [1.165, 1.54) is 36.4 Å². The summed E-state index contributed by atoms with van der Waals surface area (Å²) >= 11 is 0. The topological polar surface area (TPSA) is 79.6 Å². The Kier molecular flexibility index (Phi) is 3.34. The Morgan fingerprint density at radius 3 is 2.41 bits per heavy atom. The van der Waals surface area contributed by atoms with Crippen molar-refractivity contribution in [3.63, 3.8) is 0 Å². The quantitative estimate of drug-likeness (QED) is 0.692. The zero-order valence-electron chi connectivity index (χ0n) is 11.0. The van der Waals surface area contributed by atoms with Crippen molar-refractivity contribution in [2.45, 2.75) is 0 Å². The van der Waals surface area contributed by atoms with Crippen LogP contribution in [0.1, 0.15) is 10.4 Å². The molecule has 0 aliphatic heterocycles. The van der Waals surface area contributed by atoms with E-state index in [0.717, 1.165) is 0 Å². The summed E-state index contributed by atoms with van der Waals surface area (Å²) in [6.07, 6.45) is 0. The van der Waals surface area contributed by atoms with E-state index in [9.17, 15) is 19.1 Å². The molecule has 0 spiro atoms. The largest absolute Gasteiger partial charge is 0.545 e. The number of hydrogen-bond acceptors (Lipinski definition) is 5. The second-order valence-electron chi connectivity index (χ2n) is 4.49. The lowest BCUT2D eigenvalue weighted by molar-refractivity contribution is -0.255. The molecule has 0 N–H and O–H groups in total. The third-order valence-electron chi connectivity index (χ3n) is 2.98. The zero-order chi connectivity index (χ0) is 15.7. The van der Waals surface area contributed by atoms with Gasteiger partial charge < -0.3 is 19.1 Å². The van der Waals surface area contributed by atoms with E-state index in [4.69, 9.17) is 9.15 Å². The minimum atomic E-state index is -1.60. The van der Waals surface area contributed by atoms with E-state index in [1.807, 2.05) is 0 Å². The highest BCUT2D eigenvalue weighted by molar-refractivity contribution is 5.90. The molecule has 0 aliphatic rings. The van der Waals surface area contributed by atoms with Gasteiger partial charge in [-0.15, -0.1) is 0 Å². The second-order valence-corrected chi connectivity index (χ2v) is 4.49. The zero-order valence-corrected chi connectivity index (χ0v) is 11.0. The van der Waals surface area contributed by atoms with Crippen molar-refractivity contribution in [2.24, 2.45) is 0 Å². The van der Waals surface area contributed by atoms with Crippen LogP contribution in [0.4, 0.5) is 4.39 Å². The number of carbonyl (C=O) groups is 1. The van der Waals surface area contributed by atoms with E-state index in [1.54, 1.807) is 12.1 Å². The fraction of sp³-hybridized carbons (Fsp3) is 0. The molecule has 0 saturated heterocycles. The molecule has 6 heteroatoms. The number of rotatable bonds is 3. The minimum absolute atomic E-state index is 0.176. The van der Waals surface area contributed by atoms with Crippen molar-refractivity contribution in [1.82, 2.24) is 0 Å². The van der Waals surface area contributed by atoms with E-state index < -0.39 is 17.2 Å². The van der Waals surface area contributed by atoms with Gasteiger partial charge in [-0.1, -0.05) is 0 Å². The summed E-state index contributed by atoms with van der Waals surface area (Å²) in [7, 11) is 0. The van der Waals surface area contributed by atoms with Crippen LogP contribution in [0.2, 0.25) is 0 Å². The molecular formula is C16H8FO5-. The number of fused-ring (bicyclic) bond motifs is 1. The molecule has 0 aliphatic carbocycles. The molecule has 0 bridgehead atoms. The SMILES string of the molecule is O=C([O-])c1cc2ccc(Oc3ccc(F)cc3)cc2oc1=O. The molecule has 0 unspecified atom stereocenters. The summed E-state index contributed by atoms with van der Waals surface area (Å²) in [5, 5.41) is 11.2. The molecular weight excluding hydrogens is 291 g/mol. The first-order chi connectivity index (χ1) is 10.5. The molecule has 0 radical (unpaired) electrons. The van der Waals surface area contributed by atoms with Gasteiger partial charge in [0.05, 0.1) is 11.5 Å². The average Bonchev–Trinajstić information content (AvgIpc) is 2.48. The Morgan fingerprint density at radius 2 is 1.73 bits per heavy atom. The predicted molar refractivity (Wildman–Crippen MR) is 73.3 cm³/mol. The molecule has 22 heavy (non-hydrogen) atoms. The number of carboxylic acid groups (broad SMARTS) is 1. The molecule has 0 saturated carbocycles. The lowest BCUT2D eigenvalue weighted by Crippen LogP contribution is -2.28. The van der Waals surface area contributed by atoms with Crippen LogP contribution in [0.3, 0.4) is 0 Å². The lowest BCUT2D eigenvalue weighted by atomic mass is 10.2. The van der Waals surface area contributed by atoms with E-state index in [0.29, 0.717) is 16.9 Å². The Bertz CT molecular complexity index is 912. The molecule has 0 amide bonds. The van der Waals surface area contributed by atoms with Gasteiger partial charge in [-0.3, -0.25) is 0 Å². The Labute approximate surface area is 123 Å². The van der Waals surface area contributed by atoms with Crippen molar-refractivity contribution in [3.05, 3.63) is 70.3 Å². The molecule has 0 fully saturated rings. The Morgan fingerprint density at radius 1 is 1.05 bits per heavy atom. The number of halogens is 1. The standard InChI is InChI=1S/C16H9FO5/c17-10-2-5-11(6-3-10)21-12-4-1-9-7-13(15(18)19)16(20)22-14(9)8-12/h1-8H,(H,18,19)/p-1. The van der Waals surface area contributed by atoms with Crippen LogP contribution in [-0.4, -0.2) is 5.97 Å². The highest BCUT2D eigenvalue weighted by Crippen LogP contribution is 2.25. The summed E-state index contributed by atoms with van der Waals surface area (Å²) in [5.41, 5.74) is -1.36. The van der Waals surface area contributed by atoms with E-state index in [2.05, 4.69) is 0 Å². The van der Waals surface area contributed by atoms with Gasteiger partial charge in [0.1, 0.15) is 22.9 Å². The van der Waals surface area contributed by atoms with Crippen molar-refractivity contribution >= 4 is 16.9 Å². The van der Waals surface area contributed by atoms with E-state index in [-0.39, 0.29) is 11.4 Å². The number of benzene rings is 2. The van der Waals surface area contributed by atoms with Gasteiger partial charge in [-0.2, -0.15) is 0 Å². The highest BCUT2D eigenvalue weighted by atomic mass is 19.1. The van der Waals surface area contributed by atoms with Gasteiger partial charge in [0.25, 0.3) is 0 Å². The molecule has 3 rings (SSSR count). The van der Waals surface area contributed by atoms with Crippen LogP contribution >= 0.6 is 0 Å². The van der Waals surface area contributed by atoms with Gasteiger partial charge in [-0.25, -0.2) is 9.18 Å². The maximum Gasteiger partial charge on any atom is 0.345 e. The van der Waals surface area contributed by atoms with Crippen LogP contribution in [0.25, 0.3) is 11.0 Å². The van der Waals surface area contributed by atoms with Crippen LogP contribution in [0, 0.1) is 5.82 Å². The molecule has 3 aromatic rings. The van der Waals surface area contributed by atoms with Crippen LogP contribution < -0.4 is 15.5 Å². The van der Waals surface area contributed by atoms with E-state index >= 15 is 0 Å². The van der Waals surface area contributed by atoms with Gasteiger partial charge in [0.2, 0.25) is 0 Å². The summed E-state index contributed by atoms with van der Waals surface area (Å²) in [6, 6.07) is 11.2. The normalized spacial score (nSPS) is 10.6. The number of hydrogen-bond donors (Lipinski definition) is 0. The number of ether oxygens (including phenoxy) is 1. The number of carboxylic acids is 1. The molecule has 0 atom stereocenters. The van der Waals surface area contributed by atoms with Crippen LogP contribution in [0.5, 0.6) is 11.5 Å².